The molecule has 4 rings (SSSR count). The van der Waals surface area contributed by atoms with E-state index in [9.17, 15) is 0 Å². The standard InChI is InChI=1S/C21H32N2O2/c1-16-2-5-18(21(12-16)25-20-8-11-24-15-20)13-22-19-6-9-23(10-7-19)14-17-3-4-17/h2,5,12,17,19-20,22H,3-4,6-11,13-15H2,1H3. The monoisotopic (exact) mass is 344 g/mol. The Morgan fingerprint density at radius 2 is 2.00 bits per heavy atom. The number of nitrogens with one attached hydrogen (secondary N) is 1. The van der Waals surface area contributed by atoms with E-state index in [-0.39, 0.29) is 6.10 Å². The van der Waals surface area contributed by atoms with Gasteiger partial charge in [-0.2, -0.15) is 0 Å². The number of hydrogen-bond donors (Lipinski definition) is 1. The second kappa shape index (κ2) is 8.07. The van der Waals surface area contributed by atoms with E-state index in [4.69, 9.17) is 9.47 Å². The maximum absolute atomic E-state index is 6.22. The van der Waals surface area contributed by atoms with E-state index in [0.717, 1.165) is 37.8 Å². The lowest BCUT2D eigenvalue weighted by Gasteiger charge is -2.32. The minimum absolute atomic E-state index is 0.214. The van der Waals surface area contributed by atoms with Crippen molar-refractivity contribution in [3.8, 4) is 5.75 Å². The molecule has 25 heavy (non-hydrogen) atoms. The van der Waals surface area contributed by atoms with E-state index < -0.39 is 0 Å². The van der Waals surface area contributed by atoms with Gasteiger partial charge >= 0.3 is 0 Å². The van der Waals surface area contributed by atoms with Gasteiger partial charge in [0.1, 0.15) is 11.9 Å². The van der Waals surface area contributed by atoms with Crippen LogP contribution in [0.15, 0.2) is 18.2 Å². The second-order valence-corrected chi connectivity index (χ2v) is 8.11. The Kier molecular flexibility index (Phi) is 5.59. The van der Waals surface area contributed by atoms with Crippen LogP contribution in [-0.4, -0.2) is 49.9 Å². The van der Waals surface area contributed by atoms with E-state index in [1.165, 1.54) is 56.4 Å². The van der Waals surface area contributed by atoms with Gasteiger partial charge in [-0.1, -0.05) is 12.1 Å². The molecule has 2 heterocycles. The van der Waals surface area contributed by atoms with Gasteiger partial charge in [0.15, 0.2) is 0 Å². The Bertz CT molecular complexity index is 559. The molecule has 1 atom stereocenters. The molecule has 0 bridgehead atoms. The third-order valence-corrected chi connectivity index (χ3v) is 5.79. The minimum Gasteiger partial charge on any atom is -0.488 e. The second-order valence-electron chi connectivity index (χ2n) is 8.11. The first-order chi connectivity index (χ1) is 12.3. The van der Waals surface area contributed by atoms with Gasteiger partial charge in [-0.25, -0.2) is 0 Å². The van der Waals surface area contributed by atoms with Crippen molar-refractivity contribution in [1.29, 1.82) is 0 Å². The van der Waals surface area contributed by atoms with Crippen molar-refractivity contribution >= 4 is 0 Å². The Hall–Kier alpha value is -1.10. The molecule has 1 aliphatic carbocycles. The van der Waals surface area contributed by atoms with Crippen molar-refractivity contribution in [2.75, 3.05) is 32.8 Å². The van der Waals surface area contributed by atoms with Crippen molar-refractivity contribution in [2.24, 2.45) is 5.92 Å². The van der Waals surface area contributed by atoms with Crippen molar-refractivity contribution in [2.45, 2.75) is 57.7 Å². The molecular formula is C21H32N2O2. The van der Waals surface area contributed by atoms with Crippen LogP contribution >= 0.6 is 0 Å². The SMILES string of the molecule is Cc1ccc(CNC2CCN(CC3CC3)CC2)c(OC2CCOC2)c1. The fraction of sp³-hybridized carbons (Fsp3) is 0.714. The zero-order chi connectivity index (χ0) is 17.1. The van der Waals surface area contributed by atoms with Crippen LogP contribution in [0, 0.1) is 12.8 Å². The molecule has 2 saturated heterocycles. The molecule has 138 valence electrons. The first kappa shape index (κ1) is 17.3. The number of hydrogen-bond acceptors (Lipinski definition) is 4. The minimum atomic E-state index is 0.214. The number of likely N-dealkylation sites (tertiary alicyclic amines) is 1. The highest BCUT2D eigenvalue weighted by atomic mass is 16.5. The van der Waals surface area contributed by atoms with Gasteiger partial charge in [0.25, 0.3) is 0 Å². The summed E-state index contributed by atoms with van der Waals surface area (Å²) < 4.78 is 11.7. The molecule has 3 aliphatic rings. The zero-order valence-electron chi connectivity index (χ0n) is 15.5. The zero-order valence-corrected chi connectivity index (χ0v) is 15.5. The van der Waals surface area contributed by atoms with Crippen LogP contribution in [0.25, 0.3) is 0 Å². The maximum Gasteiger partial charge on any atom is 0.124 e. The first-order valence-corrected chi connectivity index (χ1v) is 10.1. The van der Waals surface area contributed by atoms with Crippen LogP contribution in [0.3, 0.4) is 0 Å². The fourth-order valence-corrected chi connectivity index (χ4v) is 3.94. The predicted octanol–water partition coefficient (Wildman–Crippen LogP) is 3.13. The van der Waals surface area contributed by atoms with Gasteiger partial charge in [0, 0.05) is 31.1 Å². The highest BCUT2D eigenvalue weighted by Crippen LogP contribution is 2.30. The number of ether oxygens (including phenoxy) is 2. The maximum atomic E-state index is 6.22. The van der Waals surface area contributed by atoms with Gasteiger partial charge < -0.3 is 19.7 Å². The largest absolute Gasteiger partial charge is 0.488 e. The highest BCUT2D eigenvalue weighted by molar-refractivity contribution is 5.37. The molecule has 1 aromatic carbocycles. The average Bonchev–Trinajstić information content (AvgIpc) is 3.28. The summed E-state index contributed by atoms with van der Waals surface area (Å²) >= 11 is 0. The molecule has 0 amide bonds. The summed E-state index contributed by atoms with van der Waals surface area (Å²) in [5.74, 6) is 2.05. The lowest BCUT2D eigenvalue weighted by atomic mass is 10.0. The van der Waals surface area contributed by atoms with E-state index in [0.29, 0.717) is 6.04 Å². The van der Waals surface area contributed by atoms with Crippen LogP contribution in [-0.2, 0) is 11.3 Å². The lowest BCUT2D eigenvalue weighted by molar-refractivity contribution is 0.140. The first-order valence-electron chi connectivity index (χ1n) is 10.1. The summed E-state index contributed by atoms with van der Waals surface area (Å²) in [6.45, 7) is 8.42. The summed E-state index contributed by atoms with van der Waals surface area (Å²) in [6, 6.07) is 7.22. The Labute approximate surface area is 151 Å². The molecule has 1 aromatic rings. The normalized spacial score (nSPS) is 25.4. The van der Waals surface area contributed by atoms with Gasteiger partial charge in [-0.15, -0.1) is 0 Å². The molecule has 0 aromatic heterocycles. The Morgan fingerprint density at radius 3 is 2.72 bits per heavy atom. The molecular weight excluding hydrogens is 312 g/mol. The molecule has 1 N–H and O–H groups in total. The number of benzene rings is 1. The summed E-state index contributed by atoms with van der Waals surface area (Å²) in [5, 5.41) is 3.77. The number of aryl methyl sites for hydroxylation is 1. The molecule has 0 radical (unpaired) electrons. The van der Waals surface area contributed by atoms with Crippen LogP contribution in [0.5, 0.6) is 5.75 Å². The van der Waals surface area contributed by atoms with Gasteiger partial charge in [-0.3, -0.25) is 0 Å². The fourth-order valence-electron chi connectivity index (χ4n) is 3.94. The van der Waals surface area contributed by atoms with Gasteiger partial charge in [-0.05, 0) is 63.2 Å². The molecule has 0 spiro atoms. The van der Waals surface area contributed by atoms with Crippen LogP contribution in [0.2, 0.25) is 0 Å². The lowest BCUT2D eigenvalue weighted by Crippen LogP contribution is -2.42. The van der Waals surface area contributed by atoms with E-state index in [1.54, 1.807) is 0 Å². The van der Waals surface area contributed by atoms with Gasteiger partial charge in [0.05, 0.1) is 13.2 Å². The Balaban J connectivity index is 1.28. The molecule has 2 aliphatic heterocycles. The van der Waals surface area contributed by atoms with Crippen LogP contribution < -0.4 is 10.1 Å². The molecule has 4 nitrogen and oxygen atoms in total. The number of nitrogens with zero attached hydrogens (tertiary/aromatic N) is 1. The van der Waals surface area contributed by atoms with Crippen molar-refractivity contribution in [1.82, 2.24) is 10.2 Å². The van der Waals surface area contributed by atoms with Crippen molar-refractivity contribution in [3.63, 3.8) is 0 Å². The van der Waals surface area contributed by atoms with Crippen LogP contribution in [0.4, 0.5) is 0 Å². The average molecular weight is 344 g/mol. The third-order valence-electron chi connectivity index (χ3n) is 5.79. The summed E-state index contributed by atoms with van der Waals surface area (Å²) in [6.07, 6.45) is 6.67. The van der Waals surface area contributed by atoms with Crippen LogP contribution in [0.1, 0.15) is 43.2 Å². The molecule has 4 heteroatoms. The quantitative estimate of drug-likeness (QED) is 0.824. The van der Waals surface area contributed by atoms with E-state index in [1.807, 2.05) is 0 Å². The molecule has 1 unspecified atom stereocenters. The topological polar surface area (TPSA) is 33.7 Å². The van der Waals surface area contributed by atoms with Gasteiger partial charge in [0.2, 0.25) is 0 Å². The highest BCUT2D eigenvalue weighted by Gasteiger charge is 2.27. The van der Waals surface area contributed by atoms with E-state index >= 15 is 0 Å². The molecule has 1 saturated carbocycles. The van der Waals surface area contributed by atoms with E-state index in [2.05, 4.69) is 35.3 Å². The summed E-state index contributed by atoms with van der Waals surface area (Å²) in [4.78, 5) is 2.66. The summed E-state index contributed by atoms with van der Waals surface area (Å²) in [5.41, 5.74) is 2.53. The predicted molar refractivity (Wildman–Crippen MR) is 100 cm³/mol. The smallest absolute Gasteiger partial charge is 0.124 e. The number of piperidine rings is 1. The molecule has 3 fully saturated rings. The Morgan fingerprint density at radius 1 is 1.16 bits per heavy atom. The third kappa shape index (κ3) is 4.96. The summed E-state index contributed by atoms with van der Waals surface area (Å²) in [7, 11) is 0. The number of rotatable bonds is 7. The van der Waals surface area contributed by atoms with Crippen molar-refractivity contribution in [3.05, 3.63) is 29.3 Å². The van der Waals surface area contributed by atoms with Crippen molar-refractivity contribution < 1.29 is 9.47 Å².